The van der Waals surface area contributed by atoms with Gasteiger partial charge in [-0.3, -0.25) is 9.59 Å². The van der Waals surface area contributed by atoms with Crippen LogP contribution in [-0.4, -0.2) is 50.7 Å². The summed E-state index contributed by atoms with van der Waals surface area (Å²) in [6, 6.07) is 9.74. The summed E-state index contributed by atoms with van der Waals surface area (Å²) in [6.45, 7) is 3.85. The number of carbonyl (C=O) groups excluding carboxylic acids is 2. The summed E-state index contributed by atoms with van der Waals surface area (Å²) in [6.07, 6.45) is 11.3. The van der Waals surface area contributed by atoms with Gasteiger partial charge in [-0.1, -0.05) is 26.2 Å². The van der Waals surface area contributed by atoms with Gasteiger partial charge in [0.15, 0.2) is 5.82 Å². The molecule has 0 saturated carbocycles. The van der Waals surface area contributed by atoms with Crippen LogP contribution in [0.1, 0.15) is 55.8 Å². The fourth-order valence-corrected chi connectivity index (χ4v) is 4.44. The van der Waals surface area contributed by atoms with E-state index in [9.17, 15) is 14.0 Å². The first kappa shape index (κ1) is 23.7. The van der Waals surface area contributed by atoms with E-state index in [2.05, 4.69) is 17.3 Å². The number of aromatic nitrogens is 3. The number of likely N-dealkylation sites (tertiary alicyclic amines) is 1. The first-order valence-corrected chi connectivity index (χ1v) is 12.1. The van der Waals surface area contributed by atoms with Gasteiger partial charge in [-0.15, -0.1) is 0 Å². The van der Waals surface area contributed by atoms with Gasteiger partial charge in [-0.05, 0) is 55.7 Å². The van der Waals surface area contributed by atoms with Gasteiger partial charge in [-0.25, -0.2) is 9.07 Å². The number of amides is 2. The molecule has 1 aliphatic rings. The summed E-state index contributed by atoms with van der Waals surface area (Å²) >= 11 is 0. The van der Waals surface area contributed by atoms with Crippen molar-refractivity contribution in [1.29, 1.82) is 0 Å². The Morgan fingerprint density at radius 1 is 1.12 bits per heavy atom. The molecule has 7 nitrogen and oxygen atoms in total. The molecule has 2 amide bonds. The molecule has 1 aliphatic heterocycles. The van der Waals surface area contributed by atoms with E-state index in [-0.39, 0.29) is 23.5 Å². The molecule has 4 rings (SSSR count). The summed E-state index contributed by atoms with van der Waals surface area (Å²) in [4.78, 5) is 28.0. The maximum atomic E-state index is 13.6. The number of piperidine rings is 1. The summed E-state index contributed by atoms with van der Waals surface area (Å²) in [5.41, 5.74) is 1.10. The normalized spacial score (nSPS) is 15.9. The van der Waals surface area contributed by atoms with Gasteiger partial charge >= 0.3 is 0 Å². The first-order valence-electron chi connectivity index (χ1n) is 12.1. The van der Waals surface area contributed by atoms with Crippen LogP contribution in [0.15, 0.2) is 55.0 Å². The fourth-order valence-electron chi connectivity index (χ4n) is 4.44. The number of unbranched alkanes of at least 4 members (excludes halogenated alkanes) is 3. The molecule has 8 heteroatoms. The summed E-state index contributed by atoms with van der Waals surface area (Å²) in [7, 11) is 0. The standard InChI is InChI=1S/C26H32FN5O2/c1-2-3-4-5-14-28-24(33)20-9-8-17-31(19-20)26(34)23-18-29-32(22-12-10-21(27)11-13-22)25(23)30-15-6-7-16-30/h6-7,10-13,15-16,18,20H,2-5,8-9,14,17,19H2,1H3,(H,28,33). The predicted molar refractivity (Wildman–Crippen MR) is 129 cm³/mol. The Bertz CT molecular complexity index is 1090. The lowest BCUT2D eigenvalue weighted by Gasteiger charge is -2.32. The molecule has 180 valence electrons. The van der Waals surface area contributed by atoms with E-state index in [0.717, 1.165) is 32.1 Å². The van der Waals surface area contributed by atoms with Gasteiger partial charge in [0.1, 0.15) is 11.4 Å². The van der Waals surface area contributed by atoms with Gasteiger partial charge in [0.05, 0.1) is 17.8 Å². The van der Waals surface area contributed by atoms with Gasteiger partial charge < -0.3 is 14.8 Å². The predicted octanol–water partition coefficient (Wildman–Crippen LogP) is 4.35. The molecule has 1 N–H and O–H groups in total. The lowest BCUT2D eigenvalue weighted by Crippen LogP contribution is -2.45. The molecular formula is C26H32FN5O2. The molecule has 0 radical (unpaired) electrons. The quantitative estimate of drug-likeness (QED) is 0.478. The van der Waals surface area contributed by atoms with Crippen LogP contribution in [0.5, 0.6) is 0 Å². The van der Waals surface area contributed by atoms with Crippen molar-refractivity contribution in [3.63, 3.8) is 0 Å². The summed E-state index contributed by atoms with van der Waals surface area (Å²) in [5, 5.41) is 7.50. The van der Waals surface area contributed by atoms with Crippen molar-refractivity contribution >= 4 is 11.8 Å². The Balaban J connectivity index is 1.51. The van der Waals surface area contributed by atoms with Crippen molar-refractivity contribution < 1.29 is 14.0 Å². The van der Waals surface area contributed by atoms with Crippen LogP contribution in [0.25, 0.3) is 11.5 Å². The number of hydrogen-bond donors (Lipinski definition) is 1. The molecule has 0 bridgehead atoms. The zero-order chi connectivity index (χ0) is 23.9. The number of carbonyl (C=O) groups is 2. The van der Waals surface area contributed by atoms with Gasteiger partial charge in [0.2, 0.25) is 5.91 Å². The van der Waals surface area contributed by atoms with Gasteiger partial charge in [-0.2, -0.15) is 5.10 Å². The highest BCUT2D eigenvalue weighted by atomic mass is 19.1. The minimum atomic E-state index is -0.335. The fraction of sp³-hybridized carbons (Fsp3) is 0.423. The SMILES string of the molecule is CCCCCCNC(=O)C1CCCN(C(=O)c2cnn(-c3ccc(F)cc3)c2-n2cccc2)C1. The topological polar surface area (TPSA) is 72.2 Å². The molecule has 1 unspecified atom stereocenters. The third kappa shape index (κ3) is 5.38. The Kier molecular flexibility index (Phi) is 7.77. The lowest BCUT2D eigenvalue weighted by molar-refractivity contribution is -0.126. The minimum Gasteiger partial charge on any atom is -0.356 e. The Morgan fingerprint density at radius 2 is 1.88 bits per heavy atom. The molecule has 3 heterocycles. The highest BCUT2D eigenvalue weighted by Crippen LogP contribution is 2.24. The molecule has 2 aromatic heterocycles. The Labute approximate surface area is 199 Å². The van der Waals surface area contributed by atoms with Crippen molar-refractivity contribution in [3.8, 4) is 11.5 Å². The second-order valence-electron chi connectivity index (χ2n) is 8.80. The van der Waals surface area contributed by atoms with Crippen molar-refractivity contribution in [1.82, 2.24) is 24.6 Å². The zero-order valence-corrected chi connectivity index (χ0v) is 19.6. The molecule has 1 fully saturated rings. The number of benzene rings is 1. The first-order chi connectivity index (χ1) is 16.6. The molecular weight excluding hydrogens is 433 g/mol. The maximum Gasteiger partial charge on any atom is 0.259 e. The van der Waals surface area contributed by atoms with E-state index in [1.54, 1.807) is 27.9 Å². The van der Waals surface area contributed by atoms with Crippen molar-refractivity contribution in [2.45, 2.75) is 45.4 Å². The molecule has 0 spiro atoms. The highest BCUT2D eigenvalue weighted by molar-refractivity contribution is 5.97. The van der Waals surface area contributed by atoms with E-state index < -0.39 is 0 Å². The second-order valence-corrected chi connectivity index (χ2v) is 8.80. The van der Waals surface area contributed by atoms with Crippen LogP contribution in [0.4, 0.5) is 4.39 Å². The third-order valence-corrected chi connectivity index (χ3v) is 6.30. The molecule has 34 heavy (non-hydrogen) atoms. The molecule has 3 aromatic rings. The highest BCUT2D eigenvalue weighted by Gasteiger charge is 2.31. The van der Waals surface area contributed by atoms with E-state index in [4.69, 9.17) is 0 Å². The smallest absolute Gasteiger partial charge is 0.259 e. The molecule has 1 aromatic carbocycles. The van der Waals surface area contributed by atoms with Crippen LogP contribution >= 0.6 is 0 Å². The van der Waals surface area contributed by atoms with E-state index in [1.807, 2.05) is 29.1 Å². The van der Waals surface area contributed by atoms with Crippen molar-refractivity contribution in [3.05, 3.63) is 66.4 Å². The minimum absolute atomic E-state index is 0.0293. The van der Waals surface area contributed by atoms with Crippen LogP contribution < -0.4 is 5.32 Å². The van der Waals surface area contributed by atoms with Crippen molar-refractivity contribution in [2.24, 2.45) is 5.92 Å². The van der Waals surface area contributed by atoms with Gasteiger partial charge in [0.25, 0.3) is 5.91 Å². The average Bonchev–Trinajstić information content (AvgIpc) is 3.54. The van der Waals surface area contributed by atoms with Crippen LogP contribution in [0.2, 0.25) is 0 Å². The Hall–Kier alpha value is -3.42. The summed E-state index contributed by atoms with van der Waals surface area (Å²) < 4.78 is 16.9. The van der Waals surface area contributed by atoms with Crippen LogP contribution in [0, 0.1) is 11.7 Å². The summed E-state index contributed by atoms with van der Waals surface area (Å²) in [5.74, 6) is -0.0768. The van der Waals surface area contributed by atoms with Gasteiger partial charge in [0, 0.05) is 32.0 Å². The number of halogens is 1. The number of rotatable bonds is 9. The van der Waals surface area contributed by atoms with E-state index in [0.29, 0.717) is 36.7 Å². The van der Waals surface area contributed by atoms with Crippen molar-refractivity contribution in [2.75, 3.05) is 19.6 Å². The van der Waals surface area contributed by atoms with Crippen LogP contribution in [-0.2, 0) is 4.79 Å². The Morgan fingerprint density at radius 3 is 2.62 bits per heavy atom. The molecule has 0 aliphatic carbocycles. The monoisotopic (exact) mass is 465 g/mol. The second kappa shape index (κ2) is 11.1. The van der Waals surface area contributed by atoms with E-state index >= 15 is 0 Å². The van der Waals surface area contributed by atoms with E-state index in [1.165, 1.54) is 18.6 Å². The lowest BCUT2D eigenvalue weighted by atomic mass is 9.96. The zero-order valence-electron chi connectivity index (χ0n) is 19.6. The number of nitrogens with zero attached hydrogens (tertiary/aromatic N) is 4. The average molecular weight is 466 g/mol. The maximum absolute atomic E-state index is 13.6. The third-order valence-electron chi connectivity index (χ3n) is 6.30. The van der Waals surface area contributed by atoms with Crippen LogP contribution in [0.3, 0.4) is 0 Å². The molecule has 1 saturated heterocycles. The molecule has 1 atom stereocenters. The largest absolute Gasteiger partial charge is 0.356 e. The number of nitrogens with one attached hydrogen (secondary N) is 1. The number of hydrogen-bond acceptors (Lipinski definition) is 3.